The summed E-state index contributed by atoms with van der Waals surface area (Å²) < 4.78 is 0. The standard InChI is InChI=1S/C17H24N2OS/c1-4-14-5-7-15(8-6-14)17-18-16(12-21-17)11-19(9-10-20)13(2)3/h5-8,12-13,20H,4,9-11H2,1-3H3. The van der Waals surface area contributed by atoms with E-state index in [-0.39, 0.29) is 6.61 Å². The van der Waals surface area contributed by atoms with Crippen LogP contribution in [0.5, 0.6) is 0 Å². The Morgan fingerprint density at radius 1 is 1.24 bits per heavy atom. The van der Waals surface area contributed by atoms with Crippen LogP contribution in [0, 0.1) is 0 Å². The molecule has 4 heteroatoms. The second-order valence-corrected chi connectivity index (χ2v) is 6.34. The lowest BCUT2D eigenvalue weighted by Crippen LogP contribution is -2.32. The van der Waals surface area contributed by atoms with Crippen LogP contribution in [-0.4, -0.2) is 34.2 Å². The molecule has 0 saturated heterocycles. The Bertz CT molecular complexity index is 548. The van der Waals surface area contributed by atoms with E-state index in [1.165, 1.54) is 11.1 Å². The molecule has 0 amide bonds. The molecule has 2 aromatic rings. The van der Waals surface area contributed by atoms with E-state index in [0.717, 1.165) is 23.7 Å². The highest BCUT2D eigenvalue weighted by Crippen LogP contribution is 2.25. The van der Waals surface area contributed by atoms with Gasteiger partial charge < -0.3 is 5.11 Å². The first kappa shape index (κ1) is 16.1. The maximum absolute atomic E-state index is 9.14. The van der Waals surface area contributed by atoms with Gasteiger partial charge in [0.05, 0.1) is 12.3 Å². The third-order valence-electron chi connectivity index (χ3n) is 3.64. The van der Waals surface area contributed by atoms with Crippen LogP contribution in [0.3, 0.4) is 0 Å². The molecule has 0 radical (unpaired) electrons. The molecule has 0 fully saturated rings. The summed E-state index contributed by atoms with van der Waals surface area (Å²) in [4.78, 5) is 6.97. The van der Waals surface area contributed by atoms with E-state index in [0.29, 0.717) is 12.6 Å². The van der Waals surface area contributed by atoms with Crippen molar-refractivity contribution >= 4 is 11.3 Å². The normalized spacial score (nSPS) is 11.5. The third-order valence-corrected chi connectivity index (χ3v) is 4.58. The topological polar surface area (TPSA) is 36.4 Å². The van der Waals surface area contributed by atoms with Crippen LogP contribution in [0.25, 0.3) is 10.6 Å². The lowest BCUT2D eigenvalue weighted by Gasteiger charge is -2.24. The Hall–Kier alpha value is -1.23. The molecular weight excluding hydrogens is 280 g/mol. The van der Waals surface area contributed by atoms with Gasteiger partial charge in [0.2, 0.25) is 0 Å². The van der Waals surface area contributed by atoms with Gasteiger partial charge in [-0.25, -0.2) is 4.98 Å². The predicted molar refractivity (Wildman–Crippen MR) is 89.6 cm³/mol. The first-order chi connectivity index (χ1) is 10.1. The molecule has 1 aromatic heterocycles. The fourth-order valence-electron chi connectivity index (χ4n) is 2.25. The summed E-state index contributed by atoms with van der Waals surface area (Å²) in [7, 11) is 0. The van der Waals surface area contributed by atoms with E-state index in [2.05, 4.69) is 55.3 Å². The van der Waals surface area contributed by atoms with Crippen LogP contribution >= 0.6 is 11.3 Å². The maximum atomic E-state index is 9.14. The summed E-state index contributed by atoms with van der Waals surface area (Å²) in [5, 5.41) is 12.3. The first-order valence-electron chi connectivity index (χ1n) is 7.52. The SMILES string of the molecule is CCc1ccc(-c2nc(CN(CCO)C(C)C)cs2)cc1. The fourth-order valence-corrected chi connectivity index (χ4v) is 3.07. The molecule has 0 bridgehead atoms. The van der Waals surface area contributed by atoms with Crippen LogP contribution in [0.4, 0.5) is 0 Å². The number of hydrogen-bond donors (Lipinski definition) is 1. The largest absolute Gasteiger partial charge is 0.395 e. The number of aromatic nitrogens is 1. The van der Waals surface area contributed by atoms with E-state index in [1.54, 1.807) is 11.3 Å². The van der Waals surface area contributed by atoms with Crippen LogP contribution < -0.4 is 0 Å². The summed E-state index contributed by atoms with van der Waals surface area (Å²) in [6.45, 7) is 8.13. The average molecular weight is 304 g/mol. The smallest absolute Gasteiger partial charge is 0.123 e. The molecule has 2 rings (SSSR count). The van der Waals surface area contributed by atoms with Gasteiger partial charge >= 0.3 is 0 Å². The lowest BCUT2D eigenvalue weighted by molar-refractivity contribution is 0.158. The minimum atomic E-state index is 0.188. The highest BCUT2D eigenvalue weighted by atomic mass is 32.1. The molecule has 0 aliphatic rings. The van der Waals surface area contributed by atoms with Crippen LogP contribution in [-0.2, 0) is 13.0 Å². The molecule has 21 heavy (non-hydrogen) atoms. The van der Waals surface area contributed by atoms with Crippen LogP contribution in [0.15, 0.2) is 29.6 Å². The van der Waals surface area contributed by atoms with Crippen LogP contribution in [0.1, 0.15) is 32.0 Å². The number of nitrogens with zero attached hydrogens (tertiary/aromatic N) is 2. The number of aliphatic hydroxyl groups is 1. The van der Waals surface area contributed by atoms with E-state index in [9.17, 15) is 0 Å². The Kier molecular flexibility index (Phi) is 5.91. The van der Waals surface area contributed by atoms with Crippen molar-refractivity contribution in [1.29, 1.82) is 0 Å². The molecule has 0 saturated carbocycles. The predicted octanol–water partition coefficient (Wildman–Crippen LogP) is 3.58. The fraction of sp³-hybridized carbons (Fsp3) is 0.471. The summed E-state index contributed by atoms with van der Waals surface area (Å²) in [6.07, 6.45) is 1.06. The van der Waals surface area contributed by atoms with Gasteiger partial charge in [-0.05, 0) is 25.8 Å². The average Bonchev–Trinajstić information content (AvgIpc) is 2.95. The van der Waals surface area contributed by atoms with Gasteiger partial charge in [-0.2, -0.15) is 0 Å². The van der Waals surface area contributed by atoms with E-state index in [4.69, 9.17) is 10.1 Å². The van der Waals surface area contributed by atoms with E-state index < -0.39 is 0 Å². The summed E-state index contributed by atoms with van der Waals surface area (Å²) in [5.41, 5.74) is 3.61. The van der Waals surface area contributed by atoms with Crippen molar-refractivity contribution in [2.24, 2.45) is 0 Å². The van der Waals surface area contributed by atoms with Crippen molar-refractivity contribution < 1.29 is 5.11 Å². The van der Waals surface area contributed by atoms with Gasteiger partial charge in [-0.3, -0.25) is 4.90 Å². The second kappa shape index (κ2) is 7.69. The Balaban J connectivity index is 2.09. The van der Waals surface area contributed by atoms with Crippen LogP contribution in [0.2, 0.25) is 0 Å². The van der Waals surface area contributed by atoms with Crippen molar-refractivity contribution in [3.8, 4) is 10.6 Å². The molecule has 1 heterocycles. The highest BCUT2D eigenvalue weighted by Gasteiger charge is 2.12. The zero-order valence-corrected chi connectivity index (χ0v) is 13.9. The number of thiazole rings is 1. The zero-order chi connectivity index (χ0) is 15.2. The number of benzene rings is 1. The quantitative estimate of drug-likeness (QED) is 0.849. The monoisotopic (exact) mass is 304 g/mol. The van der Waals surface area contributed by atoms with Crippen molar-refractivity contribution in [1.82, 2.24) is 9.88 Å². The summed E-state index contributed by atoms with van der Waals surface area (Å²) in [6, 6.07) is 9.04. The van der Waals surface area contributed by atoms with E-state index >= 15 is 0 Å². The lowest BCUT2D eigenvalue weighted by atomic mass is 10.1. The molecule has 1 aromatic carbocycles. The highest BCUT2D eigenvalue weighted by molar-refractivity contribution is 7.13. The Labute approximate surface area is 131 Å². The third kappa shape index (κ3) is 4.37. The molecule has 0 unspecified atom stereocenters. The number of hydrogen-bond acceptors (Lipinski definition) is 4. The van der Waals surface area contributed by atoms with Crippen molar-refractivity contribution in [3.63, 3.8) is 0 Å². The summed E-state index contributed by atoms with van der Waals surface area (Å²) in [5.74, 6) is 0. The Morgan fingerprint density at radius 2 is 1.95 bits per heavy atom. The molecule has 114 valence electrons. The van der Waals surface area contributed by atoms with Gasteiger partial charge in [0, 0.05) is 30.1 Å². The van der Waals surface area contributed by atoms with Gasteiger partial charge in [-0.15, -0.1) is 11.3 Å². The molecule has 1 N–H and O–H groups in total. The molecular formula is C17H24N2OS. The first-order valence-corrected chi connectivity index (χ1v) is 8.40. The number of aryl methyl sites for hydroxylation is 1. The minimum Gasteiger partial charge on any atom is -0.395 e. The molecule has 0 aliphatic carbocycles. The molecule has 0 atom stereocenters. The van der Waals surface area contributed by atoms with E-state index in [1.807, 2.05) is 0 Å². The van der Waals surface area contributed by atoms with Gasteiger partial charge in [0.15, 0.2) is 0 Å². The second-order valence-electron chi connectivity index (χ2n) is 5.48. The minimum absolute atomic E-state index is 0.188. The van der Waals surface area contributed by atoms with Gasteiger partial charge in [-0.1, -0.05) is 31.2 Å². The molecule has 0 spiro atoms. The van der Waals surface area contributed by atoms with Gasteiger partial charge in [0.25, 0.3) is 0 Å². The Morgan fingerprint density at radius 3 is 2.52 bits per heavy atom. The number of rotatable bonds is 7. The van der Waals surface area contributed by atoms with Gasteiger partial charge in [0.1, 0.15) is 5.01 Å². The maximum Gasteiger partial charge on any atom is 0.123 e. The zero-order valence-electron chi connectivity index (χ0n) is 13.0. The molecule has 0 aliphatic heterocycles. The molecule has 3 nitrogen and oxygen atoms in total. The summed E-state index contributed by atoms with van der Waals surface area (Å²) >= 11 is 1.69. The number of aliphatic hydroxyl groups excluding tert-OH is 1. The van der Waals surface area contributed by atoms with Crippen molar-refractivity contribution in [2.45, 2.75) is 39.8 Å². The van der Waals surface area contributed by atoms with Crippen molar-refractivity contribution in [3.05, 3.63) is 40.9 Å². The van der Waals surface area contributed by atoms with Crippen molar-refractivity contribution in [2.75, 3.05) is 13.2 Å².